The van der Waals surface area contributed by atoms with Crippen LogP contribution in [0.1, 0.15) is 6.92 Å². The molecule has 7 heteroatoms. The van der Waals surface area contributed by atoms with Crippen LogP contribution in [0.15, 0.2) is 29.6 Å². The van der Waals surface area contributed by atoms with Crippen LogP contribution in [0.2, 0.25) is 0 Å². The molecule has 0 radical (unpaired) electrons. The number of aromatic nitrogens is 4. The summed E-state index contributed by atoms with van der Waals surface area (Å²) in [7, 11) is 0. The van der Waals surface area contributed by atoms with Crippen LogP contribution < -0.4 is 4.74 Å². The van der Waals surface area contributed by atoms with E-state index < -0.39 is 0 Å². The summed E-state index contributed by atoms with van der Waals surface area (Å²) in [5.74, 6) is 1.52. The SMILES string of the molecule is CCOc1ccc(-c2nc(-c3nc(=S)[nH][nH]3)cs2)cc1. The molecular weight excluding hydrogens is 292 g/mol. The molecule has 0 spiro atoms. The Hall–Kier alpha value is -1.99. The Labute approximate surface area is 124 Å². The molecule has 0 aliphatic heterocycles. The van der Waals surface area contributed by atoms with Crippen LogP contribution in [0.5, 0.6) is 5.75 Å². The van der Waals surface area contributed by atoms with E-state index in [-0.39, 0.29) is 0 Å². The largest absolute Gasteiger partial charge is 0.494 e. The molecule has 5 nitrogen and oxygen atoms in total. The first kappa shape index (κ1) is 13.0. The van der Waals surface area contributed by atoms with Gasteiger partial charge >= 0.3 is 0 Å². The molecule has 0 fully saturated rings. The van der Waals surface area contributed by atoms with E-state index in [1.165, 1.54) is 0 Å². The van der Waals surface area contributed by atoms with Crippen molar-refractivity contribution in [3.05, 3.63) is 34.4 Å². The molecule has 102 valence electrons. The molecule has 2 heterocycles. The second-order valence-corrected chi connectivity index (χ2v) is 5.26. The van der Waals surface area contributed by atoms with Gasteiger partial charge in [-0.15, -0.1) is 11.3 Å². The number of rotatable bonds is 4. The number of H-pyrrole nitrogens is 2. The van der Waals surface area contributed by atoms with Crippen molar-refractivity contribution < 1.29 is 4.74 Å². The highest BCUT2D eigenvalue weighted by Crippen LogP contribution is 2.28. The monoisotopic (exact) mass is 304 g/mol. The number of ether oxygens (including phenoxy) is 1. The van der Waals surface area contributed by atoms with Gasteiger partial charge in [-0.25, -0.2) is 4.98 Å². The zero-order valence-corrected chi connectivity index (χ0v) is 12.3. The Balaban J connectivity index is 1.87. The molecule has 2 aromatic heterocycles. The summed E-state index contributed by atoms with van der Waals surface area (Å²) in [4.78, 5) is 8.71. The quantitative estimate of drug-likeness (QED) is 0.722. The topological polar surface area (TPSA) is 66.6 Å². The number of nitrogens with zero attached hydrogens (tertiary/aromatic N) is 2. The van der Waals surface area contributed by atoms with Crippen molar-refractivity contribution in [2.75, 3.05) is 6.61 Å². The lowest BCUT2D eigenvalue weighted by Crippen LogP contribution is -1.90. The fourth-order valence-electron chi connectivity index (χ4n) is 1.77. The van der Waals surface area contributed by atoms with Crippen LogP contribution >= 0.6 is 23.6 Å². The molecule has 2 N–H and O–H groups in total. The zero-order valence-electron chi connectivity index (χ0n) is 10.7. The maximum Gasteiger partial charge on any atom is 0.213 e. The highest BCUT2D eigenvalue weighted by atomic mass is 32.1. The third-order valence-corrected chi connectivity index (χ3v) is 3.74. The number of nitrogens with one attached hydrogen (secondary N) is 2. The van der Waals surface area contributed by atoms with Gasteiger partial charge < -0.3 is 4.74 Å². The van der Waals surface area contributed by atoms with Crippen LogP contribution in [-0.2, 0) is 0 Å². The van der Waals surface area contributed by atoms with Crippen molar-refractivity contribution in [1.29, 1.82) is 0 Å². The minimum atomic E-state index is 0.426. The first-order valence-electron chi connectivity index (χ1n) is 6.10. The molecule has 0 saturated carbocycles. The summed E-state index contributed by atoms with van der Waals surface area (Å²) in [5.41, 5.74) is 1.84. The van der Waals surface area contributed by atoms with Gasteiger partial charge in [0.25, 0.3) is 0 Å². The lowest BCUT2D eigenvalue weighted by molar-refractivity contribution is 0.340. The van der Waals surface area contributed by atoms with E-state index in [4.69, 9.17) is 17.0 Å². The Kier molecular flexibility index (Phi) is 3.62. The van der Waals surface area contributed by atoms with Gasteiger partial charge in [0.1, 0.15) is 16.5 Å². The van der Waals surface area contributed by atoms with Gasteiger partial charge in [0.2, 0.25) is 4.77 Å². The van der Waals surface area contributed by atoms with Crippen LogP contribution in [0.25, 0.3) is 22.1 Å². The Morgan fingerprint density at radius 3 is 2.65 bits per heavy atom. The number of hydrogen-bond acceptors (Lipinski definition) is 5. The van der Waals surface area contributed by atoms with Gasteiger partial charge in [-0.3, -0.25) is 10.2 Å². The number of aromatic amines is 2. The fourth-order valence-corrected chi connectivity index (χ4v) is 2.72. The smallest absolute Gasteiger partial charge is 0.213 e. The highest BCUT2D eigenvalue weighted by molar-refractivity contribution is 7.71. The molecule has 0 amide bonds. The van der Waals surface area contributed by atoms with E-state index in [1.807, 2.05) is 36.6 Å². The number of benzene rings is 1. The summed E-state index contributed by atoms with van der Waals surface area (Å²) in [6.45, 7) is 2.63. The lowest BCUT2D eigenvalue weighted by atomic mass is 10.2. The molecule has 0 aliphatic rings. The van der Waals surface area contributed by atoms with Crippen molar-refractivity contribution in [3.63, 3.8) is 0 Å². The Bertz CT molecular complexity index is 757. The molecular formula is C13H12N4OS2. The molecule has 20 heavy (non-hydrogen) atoms. The van der Waals surface area contributed by atoms with Crippen LogP contribution in [0.3, 0.4) is 0 Å². The predicted molar refractivity (Wildman–Crippen MR) is 81.5 cm³/mol. The fraction of sp³-hybridized carbons (Fsp3) is 0.154. The molecule has 0 saturated heterocycles. The van der Waals surface area contributed by atoms with Crippen molar-refractivity contribution in [3.8, 4) is 27.8 Å². The van der Waals surface area contributed by atoms with E-state index in [0.717, 1.165) is 22.0 Å². The lowest BCUT2D eigenvalue weighted by Gasteiger charge is -2.02. The summed E-state index contributed by atoms with van der Waals surface area (Å²) in [6.07, 6.45) is 0. The molecule has 1 aromatic carbocycles. The van der Waals surface area contributed by atoms with E-state index in [0.29, 0.717) is 17.2 Å². The van der Waals surface area contributed by atoms with E-state index >= 15 is 0 Å². The third-order valence-electron chi connectivity index (χ3n) is 2.66. The van der Waals surface area contributed by atoms with Gasteiger partial charge in [-0.05, 0) is 43.4 Å². The van der Waals surface area contributed by atoms with E-state index in [1.54, 1.807) is 11.3 Å². The molecule has 0 bridgehead atoms. The second kappa shape index (κ2) is 5.56. The van der Waals surface area contributed by atoms with Gasteiger partial charge in [-0.2, -0.15) is 4.98 Å². The number of thiazole rings is 1. The second-order valence-electron chi connectivity index (χ2n) is 4.01. The minimum Gasteiger partial charge on any atom is -0.494 e. The average Bonchev–Trinajstić information content (AvgIpc) is 3.09. The summed E-state index contributed by atoms with van der Waals surface area (Å²) in [6, 6.07) is 7.89. The van der Waals surface area contributed by atoms with Crippen LogP contribution in [0, 0.1) is 4.77 Å². The standard InChI is InChI=1S/C13H12N4OS2/c1-2-18-9-5-3-8(4-6-9)12-14-10(7-20-12)11-15-13(19)17-16-11/h3-7H,2H2,1H3,(H2,15,16,17,19). The first-order chi connectivity index (χ1) is 9.76. The third kappa shape index (κ3) is 2.63. The van der Waals surface area contributed by atoms with E-state index in [2.05, 4.69) is 20.2 Å². The van der Waals surface area contributed by atoms with Crippen LogP contribution in [-0.4, -0.2) is 26.8 Å². The number of hydrogen-bond donors (Lipinski definition) is 2. The molecule has 0 unspecified atom stereocenters. The van der Waals surface area contributed by atoms with Crippen molar-refractivity contribution in [2.45, 2.75) is 6.92 Å². The Morgan fingerprint density at radius 2 is 2.00 bits per heavy atom. The van der Waals surface area contributed by atoms with Crippen molar-refractivity contribution >= 4 is 23.6 Å². The normalized spacial score (nSPS) is 10.7. The molecule has 0 atom stereocenters. The Morgan fingerprint density at radius 1 is 1.20 bits per heavy atom. The highest BCUT2D eigenvalue weighted by Gasteiger charge is 2.09. The van der Waals surface area contributed by atoms with Gasteiger partial charge in [0.15, 0.2) is 5.82 Å². The summed E-state index contributed by atoms with van der Waals surface area (Å²) >= 11 is 6.50. The van der Waals surface area contributed by atoms with Crippen molar-refractivity contribution in [2.24, 2.45) is 0 Å². The molecule has 3 rings (SSSR count). The average molecular weight is 304 g/mol. The minimum absolute atomic E-state index is 0.426. The van der Waals surface area contributed by atoms with Crippen LogP contribution in [0.4, 0.5) is 0 Å². The van der Waals surface area contributed by atoms with Gasteiger partial charge in [0, 0.05) is 10.9 Å². The van der Waals surface area contributed by atoms with Crippen molar-refractivity contribution in [1.82, 2.24) is 20.2 Å². The summed E-state index contributed by atoms with van der Waals surface area (Å²) < 4.78 is 5.85. The van der Waals surface area contributed by atoms with Gasteiger partial charge in [0.05, 0.1) is 6.61 Å². The first-order valence-corrected chi connectivity index (χ1v) is 7.39. The zero-order chi connectivity index (χ0) is 13.9. The molecule has 3 aromatic rings. The maximum atomic E-state index is 5.43. The maximum absolute atomic E-state index is 5.43. The molecule has 0 aliphatic carbocycles. The van der Waals surface area contributed by atoms with Gasteiger partial charge in [-0.1, -0.05) is 0 Å². The predicted octanol–water partition coefficient (Wildman–Crippen LogP) is 3.66. The summed E-state index contributed by atoms with van der Waals surface area (Å²) in [5, 5.41) is 8.55. The van der Waals surface area contributed by atoms with E-state index in [9.17, 15) is 0 Å².